The summed E-state index contributed by atoms with van der Waals surface area (Å²) in [5.41, 5.74) is 0. The fourth-order valence-corrected chi connectivity index (χ4v) is 1.33. The van der Waals surface area contributed by atoms with E-state index in [9.17, 15) is 4.79 Å². The van der Waals surface area contributed by atoms with Crippen LogP contribution in [0.5, 0.6) is 0 Å². The van der Waals surface area contributed by atoms with Crippen molar-refractivity contribution in [2.45, 2.75) is 32.7 Å². The Morgan fingerprint density at radius 1 is 1.47 bits per heavy atom. The molecule has 0 saturated carbocycles. The molecular weight excluding hydrogens is 220 g/mol. The molecule has 6 heteroatoms. The van der Waals surface area contributed by atoms with Gasteiger partial charge in [0.05, 0.1) is 12.7 Å². The molecule has 0 fully saturated rings. The molecule has 0 spiro atoms. The Bertz CT molecular complexity index is 300. The second-order valence-electron chi connectivity index (χ2n) is 3.78. The van der Waals surface area contributed by atoms with Crippen LogP contribution in [-0.4, -0.2) is 40.7 Å². The Morgan fingerprint density at radius 2 is 2.35 bits per heavy atom. The number of carbonyl (C=O) groups excluding carboxylic acids is 1. The predicted octanol–water partition coefficient (Wildman–Crippen LogP) is 0.601. The lowest BCUT2D eigenvalue weighted by molar-refractivity contribution is -0.125. The Hall–Kier alpha value is -1.43. The van der Waals surface area contributed by atoms with E-state index in [0.717, 1.165) is 19.3 Å². The van der Waals surface area contributed by atoms with Gasteiger partial charge in [-0.25, -0.2) is 0 Å². The summed E-state index contributed by atoms with van der Waals surface area (Å²) >= 11 is 0. The van der Waals surface area contributed by atoms with Crippen molar-refractivity contribution in [2.75, 3.05) is 19.8 Å². The van der Waals surface area contributed by atoms with Gasteiger partial charge < -0.3 is 10.1 Å². The Labute approximate surface area is 101 Å². The number of nitrogens with one attached hydrogen (secondary N) is 1. The maximum absolute atomic E-state index is 11.3. The zero-order valence-corrected chi connectivity index (χ0v) is 10.3. The molecule has 17 heavy (non-hydrogen) atoms. The summed E-state index contributed by atoms with van der Waals surface area (Å²) in [6.07, 6.45) is 6.69. The summed E-state index contributed by atoms with van der Waals surface area (Å²) in [7, 11) is 0. The first kappa shape index (κ1) is 13.6. The second kappa shape index (κ2) is 8.69. The fraction of sp³-hybridized carbons (Fsp3) is 0.727. The average molecular weight is 240 g/mol. The van der Waals surface area contributed by atoms with Crippen LogP contribution in [0.4, 0.5) is 0 Å². The molecule has 0 bridgehead atoms. The third-order valence-electron chi connectivity index (χ3n) is 2.26. The van der Waals surface area contributed by atoms with Crippen molar-refractivity contribution in [1.29, 1.82) is 0 Å². The van der Waals surface area contributed by atoms with Crippen LogP contribution >= 0.6 is 0 Å². The van der Waals surface area contributed by atoms with Gasteiger partial charge in [-0.15, -0.1) is 5.10 Å². The van der Waals surface area contributed by atoms with Crippen molar-refractivity contribution in [3.8, 4) is 0 Å². The highest BCUT2D eigenvalue weighted by Crippen LogP contribution is 1.93. The lowest BCUT2D eigenvalue weighted by Gasteiger charge is -2.05. The number of nitrogens with zero attached hydrogens (tertiary/aromatic N) is 3. The number of aromatic nitrogens is 3. The van der Waals surface area contributed by atoms with Gasteiger partial charge in [0, 0.05) is 19.3 Å². The number of rotatable bonds is 9. The fourth-order valence-electron chi connectivity index (χ4n) is 1.33. The van der Waals surface area contributed by atoms with Gasteiger partial charge in [-0.2, -0.15) is 0 Å². The van der Waals surface area contributed by atoms with E-state index in [1.54, 1.807) is 17.1 Å². The smallest absolute Gasteiger partial charge is 0.246 e. The normalized spacial score (nSPS) is 10.4. The monoisotopic (exact) mass is 240 g/mol. The summed E-state index contributed by atoms with van der Waals surface area (Å²) in [5, 5.41) is 10.2. The Morgan fingerprint density at radius 3 is 3.06 bits per heavy atom. The van der Waals surface area contributed by atoms with Crippen LogP contribution in [0.2, 0.25) is 0 Å². The van der Waals surface area contributed by atoms with Crippen LogP contribution in [0.25, 0.3) is 0 Å². The SMILES string of the molecule is CCCCCOCC(=O)NCCn1ccnn1. The quantitative estimate of drug-likeness (QED) is 0.642. The summed E-state index contributed by atoms with van der Waals surface area (Å²) in [4.78, 5) is 11.3. The molecular formula is C11H20N4O2. The summed E-state index contributed by atoms with van der Waals surface area (Å²) in [6.45, 7) is 4.10. The van der Waals surface area contributed by atoms with Crippen molar-refractivity contribution >= 4 is 5.91 Å². The van der Waals surface area contributed by atoms with Gasteiger partial charge in [0.15, 0.2) is 0 Å². The van der Waals surface area contributed by atoms with E-state index in [-0.39, 0.29) is 12.5 Å². The molecule has 1 N–H and O–H groups in total. The number of carbonyl (C=O) groups is 1. The molecule has 1 rings (SSSR count). The van der Waals surface area contributed by atoms with Crippen LogP contribution in [-0.2, 0) is 16.1 Å². The molecule has 6 nitrogen and oxygen atoms in total. The first-order chi connectivity index (χ1) is 8.33. The molecule has 0 aliphatic carbocycles. The van der Waals surface area contributed by atoms with E-state index in [0.29, 0.717) is 19.7 Å². The third kappa shape index (κ3) is 6.68. The summed E-state index contributed by atoms with van der Waals surface area (Å²) in [6, 6.07) is 0. The minimum Gasteiger partial charge on any atom is -0.372 e. The van der Waals surface area contributed by atoms with Gasteiger partial charge in [-0.05, 0) is 6.42 Å². The molecule has 96 valence electrons. The highest BCUT2D eigenvalue weighted by molar-refractivity contribution is 5.77. The van der Waals surface area contributed by atoms with E-state index >= 15 is 0 Å². The van der Waals surface area contributed by atoms with Gasteiger partial charge >= 0.3 is 0 Å². The van der Waals surface area contributed by atoms with Crippen molar-refractivity contribution < 1.29 is 9.53 Å². The Kier molecular flexibility index (Phi) is 6.97. The van der Waals surface area contributed by atoms with E-state index < -0.39 is 0 Å². The van der Waals surface area contributed by atoms with E-state index in [4.69, 9.17) is 4.74 Å². The van der Waals surface area contributed by atoms with Crippen molar-refractivity contribution in [2.24, 2.45) is 0 Å². The van der Waals surface area contributed by atoms with Crippen LogP contribution in [0, 0.1) is 0 Å². The minimum atomic E-state index is -0.0818. The topological polar surface area (TPSA) is 69.0 Å². The minimum absolute atomic E-state index is 0.0818. The molecule has 1 heterocycles. The van der Waals surface area contributed by atoms with Crippen LogP contribution in [0.3, 0.4) is 0 Å². The maximum atomic E-state index is 11.3. The van der Waals surface area contributed by atoms with E-state index in [1.165, 1.54) is 0 Å². The zero-order chi connectivity index (χ0) is 12.3. The summed E-state index contributed by atoms with van der Waals surface area (Å²) < 4.78 is 6.91. The van der Waals surface area contributed by atoms with E-state index in [1.807, 2.05) is 0 Å². The number of hydrogen-bond acceptors (Lipinski definition) is 4. The lowest BCUT2D eigenvalue weighted by Crippen LogP contribution is -2.30. The van der Waals surface area contributed by atoms with Crippen LogP contribution in [0.1, 0.15) is 26.2 Å². The molecule has 0 unspecified atom stereocenters. The third-order valence-corrected chi connectivity index (χ3v) is 2.26. The second-order valence-corrected chi connectivity index (χ2v) is 3.78. The number of hydrogen-bond donors (Lipinski definition) is 1. The molecule has 0 aromatic carbocycles. The highest BCUT2D eigenvalue weighted by atomic mass is 16.5. The predicted molar refractivity (Wildman–Crippen MR) is 63.4 cm³/mol. The first-order valence-corrected chi connectivity index (χ1v) is 6.01. The number of unbranched alkanes of at least 4 members (excludes halogenated alkanes) is 2. The van der Waals surface area contributed by atoms with Crippen LogP contribution < -0.4 is 5.32 Å². The lowest BCUT2D eigenvalue weighted by atomic mass is 10.3. The van der Waals surface area contributed by atoms with Crippen molar-refractivity contribution in [3.63, 3.8) is 0 Å². The molecule has 0 aliphatic heterocycles. The molecule has 1 aromatic heterocycles. The highest BCUT2D eigenvalue weighted by Gasteiger charge is 2.00. The zero-order valence-electron chi connectivity index (χ0n) is 10.3. The van der Waals surface area contributed by atoms with Gasteiger partial charge in [0.2, 0.25) is 5.91 Å². The van der Waals surface area contributed by atoms with Crippen LogP contribution in [0.15, 0.2) is 12.4 Å². The average Bonchev–Trinajstić information content (AvgIpc) is 2.82. The standard InChI is InChI=1S/C11H20N4O2/c1-2-3-4-9-17-10-11(16)12-5-7-15-8-6-13-14-15/h6,8H,2-5,7,9-10H2,1H3,(H,12,16). The molecule has 0 atom stereocenters. The maximum Gasteiger partial charge on any atom is 0.246 e. The number of ether oxygens (including phenoxy) is 1. The van der Waals surface area contributed by atoms with Gasteiger partial charge in [0.1, 0.15) is 6.61 Å². The largest absolute Gasteiger partial charge is 0.372 e. The van der Waals surface area contributed by atoms with Gasteiger partial charge in [-0.1, -0.05) is 25.0 Å². The summed E-state index contributed by atoms with van der Waals surface area (Å²) in [5.74, 6) is -0.0818. The number of amides is 1. The van der Waals surface area contributed by atoms with Gasteiger partial charge in [0.25, 0.3) is 0 Å². The van der Waals surface area contributed by atoms with Crippen molar-refractivity contribution in [1.82, 2.24) is 20.3 Å². The van der Waals surface area contributed by atoms with E-state index in [2.05, 4.69) is 22.6 Å². The molecule has 0 aliphatic rings. The molecule has 0 saturated heterocycles. The molecule has 1 aromatic rings. The molecule has 0 radical (unpaired) electrons. The molecule has 1 amide bonds. The Balaban J connectivity index is 1.94. The first-order valence-electron chi connectivity index (χ1n) is 6.01. The van der Waals surface area contributed by atoms with Crippen molar-refractivity contribution in [3.05, 3.63) is 12.4 Å². The van der Waals surface area contributed by atoms with Gasteiger partial charge in [-0.3, -0.25) is 9.48 Å².